The summed E-state index contributed by atoms with van der Waals surface area (Å²) in [6, 6.07) is 10.5. The molecule has 0 bridgehead atoms. The fraction of sp³-hybridized carbons (Fsp3) is 0.353. The molecule has 0 aliphatic rings. The van der Waals surface area contributed by atoms with Gasteiger partial charge < -0.3 is 5.32 Å². The summed E-state index contributed by atoms with van der Waals surface area (Å²) in [5.74, 6) is -0.263. The lowest BCUT2D eigenvalue weighted by Crippen LogP contribution is -2.25. The van der Waals surface area contributed by atoms with Crippen LogP contribution in [0.15, 0.2) is 36.4 Å². The molecule has 2 nitrogen and oxygen atoms in total. The van der Waals surface area contributed by atoms with Crippen LogP contribution >= 0.6 is 11.6 Å². The molecule has 0 saturated heterocycles. The maximum atomic E-state index is 13.4. The Balaban J connectivity index is 2.25. The number of hydrogen-bond donors (Lipinski definition) is 1. The van der Waals surface area contributed by atoms with Crippen molar-refractivity contribution in [1.82, 2.24) is 10.3 Å². The van der Waals surface area contributed by atoms with Gasteiger partial charge in [-0.25, -0.2) is 4.39 Å². The zero-order valence-electron chi connectivity index (χ0n) is 12.4. The van der Waals surface area contributed by atoms with Crippen molar-refractivity contribution in [2.24, 2.45) is 0 Å². The molecule has 0 spiro atoms. The van der Waals surface area contributed by atoms with E-state index in [-0.39, 0.29) is 11.9 Å². The molecule has 2 aromatic rings. The number of aryl methyl sites for hydroxylation is 1. The monoisotopic (exact) mass is 306 g/mol. The first-order valence-electron chi connectivity index (χ1n) is 7.21. The van der Waals surface area contributed by atoms with Gasteiger partial charge in [-0.2, -0.15) is 0 Å². The van der Waals surface area contributed by atoms with Crippen LogP contribution in [0.5, 0.6) is 0 Å². The molecule has 1 heterocycles. The van der Waals surface area contributed by atoms with Crippen molar-refractivity contribution in [3.63, 3.8) is 0 Å². The Morgan fingerprint density at radius 2 is 2.10 bits per heavy atom. The van der Waals surface area contributed by atoms with Crippen LogP contribution < -0.4 is 5.32 Å². The first-order chi connectivity index (χ1) is 10.1. The molecule has 1 unspecified atom stereocenters. The van der Waals surface area contributed by atoms with E-state index < -0.39 is 0 Å². The smallest absolute Gasteiger partial charge is 0.123 e. The molecule has 1 N–H and O–H groups in total. The van der Waals surface area contributed by atoms with Gasteiger partial charge in [0.2, 0.25) is 0 Å². The van der Waals surface area contributed by atoms with Crippen LogP contribution in [0.25, 0.3) is 0 Å². The second-order valence-corrected chi connectivity index (χ2v) is 5.56. The van der Waals surface area contributed by atoms with E-state index in [0.29, 0.717) is 11.4 Å². The molecule has 1 atom stereocenters. The van der Waals surface area contributed by atoms with Crippen molar-refractivity contribution < 1.29 is 4.39 Å². The lowest BCUT2D eigenvalue weighted by molar-refractivity contribution is 0.515. The molecule has 1 aromatic heterocycles. The number of hydrogen-bond acceptors (Lipinski definition) is 2. The van der Waals surface area contributed by atoms with Gasteiger partial charge in [0.05, 0.1) is 11.7 Å². The van der Waals surface area contributed by atoms with Gasteiger partial charge in [-0.1, -0.05) is 24.6 Å². The van der Waals surface area contributed by atoms with Crippen LogP contribution in [0.3, 0.4) is 0 Å². The molecule has 0 saturated carbocycles. The number of nitrogens with zero attached hydrogens (tertiary/aromatic N) is 1. The summed E-state index contributed by atoms with van der Waals surface area (Å²) in [6.45, 7) is 4.96. The summed E-state index contributed by atoms with van der Waals surface area (Å²) in [5, 5.41) is 4.05. The summed E-state index contributed by atoms with van der Waals surface area (Å²) < 4.78 is 13.4. The van der Waals surface area contributed by atoms with Gasteiger partial charge in [-0.05, 0) is 62.2 Å². The number of aromatic nitrogens is 1. The van der Waals surface area contributed by atoms with Crippen LogP contribution in [-0.2, 0) is 6.42 Å². The predicted octanol–water partition coefficient (Wildman–Crippen LogP) is 4.47. The van der Waals surface area contributed by atoms with E-state index in [1.807, 2.05) is 25.1 Å². The molecule has 1 aromatic carbocycles. The molecule has 21 heavy (non-hydrogen) atoms. The minimum Gasteiger partial charge on any atom is -0.308 e. The molecule has 0 aliphatic carbocycles. The van der Waals surface area contributed by atoms with Gasteiger partial charge in [-0.3, -0.25) is 4.98 Å². The van der Waals surface area contributed by atoms with Gasteiger partial charge >= 0.3 is 0 Å². The van der Waals surface area contributed by atoms with Gasteiger partial charge in [0.15, 0.2) is 0 Å². The third-order valence-electron chi connectivity index (χ3n) is 3.34. The normalized spacial score (nSPS) is 12.4. The van der Waals surface area contributed by atoms with E-state index in [9.17, 15) is 4.39 Å². The fourth-order valence-electron chi connectivity index (χ4n) is 2.28. The van der Waals surface area contributed by atoms with E-state index in [1.165, 1.54) is 12.1 Å². The zero-order valence-corrected chi connectivity index (χ0v) is 13.1. The summed E-state index contributed by atoms with van der Waals surface area (Å²) >= 11 is 6.18. The van der Waals surface area contributed by atoms with E-state index in [1.54, 1.807) is 6.07 Å². The van der Waals surface area contributed by atoms with Gasteiger partial charge in [0, 0.05) is 10.7 Å². The molecule has 0 fully saturated rings. The fourth-order valence-corrected chi connectivity index (χ4v) is 2.47. The molecule has 112 valence electrons. The Bertz CT molecular complexity index is 601. The van der Waals surface area contributed by atoms with Crippen molar-refractivity contribution in [3.8, 4) is 0 Å². The Hall–Kier alpha value is -1.45. The van der Waals surface area contributed by atoms with Gasteiger partial charge in [-0.15, -0.1) is 0 Å². The topological polar surface area (TPSA) is 24.9 Å². The molecule has 0 amide bonds. The third kappa shape index (κ3) is 4.51. The Morgan fingerprint density at radius 1 is 1.29 bits per heavy atom. The number of pyridine rings is 1. The maximum Gasteiger partial charge on any atom is 0.123 e. The first-order valence-corrected chi connectivity index (χ1v) is 7.59. The van der Waals surface area contributed by atoms with Crippen molar-refractivity contribution in [2.45, 2.75) is 32.7 Å². The van der Waals surface area contributed by atoms with E-state index in [4.69, 9.17) is 11.6 Å². The molecule has 0 aliphatic heterocycles. The van der Waals surface area contributed by atoms with Crippen molar-refractivity contribution in [1.29, 1.82) is 0 Å². The van der Waals surface area contributed by atoms with Crippen LogP contribution in [0.4, 0.5) is 4.39 Å². The highest BCUT2D eigenvalue weighted by Crippen LogP contribution is 2.24. The minimum atomic E-state index is -0.263. The van der Waals surface area contributed by atoms with Crippen molar-refractivity contribution in [2.75, 3.05) is 6.54 Å². The summed E-state index contributed by atoms with van der Waals surface area (Å²) in [6.07, 6.45) is 1.65. The van der Waals surface area contributed by atoms with E-state index >= 15 is 0 Å². The quantitative estimate of drug-likeness (QED) is 0.852. The highest BCUT2D eigenvalue weighted by Gasteiger charge is 2.15. The molecular weight excluding hydrogens is 287 g/mol. The number of rotatable bonds is 6. The Kier molecular flexibility index (Phi) is 5.71. The summed E-state index contributed by atoms with van der Waals surface area (Å²) in [5.41, 5.74) is 2.73. The van der Waals surface area contributed by atoms with Crippen molar-refractivity contribution in [3.05, 3.63) is 64.2 Å². The Labute approximate surface area is 130 Å². The molecule has 0 radical (unpaired) electrons. The third-order valence-corrected chi connectivity index (χ3v) is 3.71. The SMILES string of the molecule is CCCNC(Cc1cc(F)ccc1Cl)c1cccc(C)n1. The van der Waals surface area contributed by atoms with Crippen LogP contribution in [-0.4, -0.2) is 11.5 Å². The first kappa shape index (κ1) is 15.9. The Morgan fingerprint density at radius 3 is 2.81 bits per heavy atom. The second-order valence-electron chi connectivity index (χ2n) is 5.15. The van der Waals surface area contributed by atoms with Crippen molar-refractivity contribution >= 4 is 11.6 Å². The zero-order chi connectivity index (χ0) is 15.2. The summed E-state index contributed by atoms with van der Waals surface area (Å²) in [4.78, 5) is 4.58. The molecule has 4 heteroatoms. The largest absolute Gasteiger partial charge is 0.308 e. The lowest BCUT2D eigenvalue weighted by Gasteiger charge is -2.19. The average molecular weight is 307 g/mol. The highest BCUT2D eigenvalue weighted by atomic mass is 35.5. The summed E-state index contributed by atoms with van der Waals surface area (Å²) in [7, 11) is 0. The maximum absolute atomic E-state index is 13.4. The predicted molar refractivity (Wildman–Crippen MR) is 85.1 cm³/mol. The molecular formula is C17H20ClFN2. The standard InChI is InChI=1S/C17H20ClFN2/c1-3-9-20-17(16-6-4-5-12(2)21-16)11-13-10-14(19)7-8-15(13)18/h4-8,10,17,20H,3,9,11H2,1-2H3. The average Bonchev–Trinajstić information content (AvgIpc) is 2.47. The second kappa shape index (κ2) is 7.53. The van der Waals surface area contributed by atoms with Crippen LogP contribution in [0.1, 0.15) is 36.3 Å². The number of halogens is 2. The number of nitrogens with one attached hydrogen (secondary N) is 1. The number of benzene rings is 1. The lowest BCUT2D eigenvalue weighted by atomic mass is 10.0. The van der Waals surface area contributed by atoms with E-state index in [0.717, 1.165) is 29.9 Å². The van der Waals surface area contributed by atoms with Gasteiger partial charge in [0.25, 0.3) is 0 Å². The van der Waals surface area contributed by atoms with E-state index in [2.05, 4.69) is 17.2 Å². The molecule has 2 rings (SSSR count). The van der Waals surface area contributed by atoms with Gasteiger partial charge in [0.1, 0.15) is 5.82 Å². The highest BCUT2D eigenvalue weighted by molar-refractivity contribution is 6.31. The van der Waals surface area contributed by atoms with Crippen LogP contribution in [0, 0.1) is 12.7 Å². The minimum absolute atomic E-state index is 0.0316. The van der Waals surface area contributed by atoms with Crippen LogP contribution in [0.2, 0.25) is 5.02 Å².